The topological polar surface area (TPSA) is 6.48 Å². The molecule has 1 aromatic rings. The smallest absolute Gasteiger partial charge is 0.0366 e. The van der Waals surface area contributed by atoms with Gasteiger partial charge in [-0.15, -0.1) is 0 Å². The van der Waals surface area contributed by atoms with Gasteiger partial charge in [-0.3, -0.25) is 0 Å². The van der Waals surface area contributed by atoms with E-state index in [1.54, 1.807) is 0 Å². The Morgan fingerprint density at radius 3 is 2.05 bits per heavy atom. The van der Waals surface area contributed by atoms with E-state index in [1.807, 2.05) is 0 Å². The van der Waals surface area contributed by atoms with E-state index in [9.17, 15) is 0 Å². The highest BCUT2D eigenvalue weighted by Gasteiger charge is 2.26. The van der Waals surface area contributed by atoms with Crippen LogP contribution in [0, 0.1) is 0 Å². The number of piperidine rings is 1. The molecule has 3 rings (SSSR count). The first-order valence-corrected chi connectivity index (χ1v) is 8.33. The van der Waals surface area contributed by atoms with Crippen molar-refractivity contribution in [2.45, 2.75) is 51.5 Å². The van der Waals surface area contributed by atoms with Gasteiger partial charge in [0.1, 0.15) is 0 Å². The van der Waals surface area contributed by atoms with Crippen LogP contribution in [0.4, 0.5) is 5.69 Å². The Morgan fingerprint density at radius 2 is 1.50 bits per heavy atom. The summed E-state index contributed by atoms with van der Waals surface area (Å²) in [5, 5.41) is 0. The minimum Gasteiger partial charge on any atom is -0.371 e. The minimum absolute atomic E-state index is 0.630. The number of anilines is 1. The Bertz CT molecular complexity index is 410. The summed E-state index contributed by atoms with van der Waals surface area (Å²) in [5.41, 5.74) is 2.86. The van der Waals surface area contributed by atoms with Crippen molar-refractivity contribution in [3.8, 4) is 0 Å². The van der Waals surface area contributed by atoms with Gasteiger partial charge in [-0.05, 0) is 62.4 Å². The van der Waals surface area contributed by atoms with Crippen molar-refractivity contribution in [3.05, 3.63) is 29.8 Å². The molecule has 0 aromatic heterocycles. The van der Waals surface area contributed by atoms with Gasteiger partial charge in [-0.25, -0.2) is 0 Å². The molecule has 2 aliphatic rings. The molecule has 0 N–H and O–H groups in total. The van der Waals surface area contributed by atoms with Gasteiger partial charge in [0, 0.05) is 24.8 Å². The number of likely N-dealkylation sites (tertiary alicyclic amines) is 1. The average molecular weight is 272 g/mol. The van der Waals surface area contributed by atoms with Crippen molar-refractivity contribution in [1.29, 1.82) is 0 Å². The third-order valence-electron chi connectivity index (χ3n) is 5.05. The lowest BCUT2D eigenvalue weighted by molar-refractivity contribution is 0.208. The molecule has 0 spiro atoms. The highest BCUT2D eigenvalue weighted by molar-refractivity contribution is 5.48. The Labute approximate surface area is 123 Å². The van der Waals surface area contributed by atoms with Gasteiger partial charge in [-0.1, -0.05) is 26.0 Å². The number of hydrogen-bond acceptors (Lipinski definition) is 2. The fourth-order valence-corrected chi connectivity index (χ4v) is 3.67. The van der Waals surface area contributed by atoms with Crippen molar-refractivity contribution >= 4 is 5.69 Å². The highest BCUT2D eigenvalue weighted by Crippen LogP contribution is 2.26. The maximum Gasteiger partial charge on any atom is 0.0366 e. The number of rotatable bonds is 3. The molecule has 2 fully saturated rings. The third kappa shape index (κ3) is 3.01. The molecule has 0 amide bonds. The van der Waals surface area contributed by atoms with Gasteiger partial charge < -0.3 is 9.80 Å². The summed E-state index contributed by atoms with van der Waals surface area (Å²) in [4.78, 5) is 5.29. The summed E-state index contributed by atoms with van der Waals surface area (Å²) in [6.45, 7) is 9.65. The van der Waals surface area contributed by atoms with Crippen molar-refractivity contribution < 1.29 is 0 Å². The third-order valence-corrected chi connectivity index (χ3v) is 5.05. The Morgan fingerprint density at radius 1 is 0.900 bits per heavy atom. The normalized spacial score (nSPS) is 21.9. The maximum atomic E-state index is 2.72. The lowest BCUT2D eigenvalue weighted by Crippen LogP contribution is -2.43. The molecule has 2 aliphatic heterocycles. The zero-order chi connectivity index (χ0) is 13.9. The van der Waals surface area contributed by atoms with Gasteiger partial charge in [-0.2, -0.15) is 0 Å². The molecule has 0 bridgehead atoms. The van der Waals surface area contributed by atoms with E-state index < -0.39 is 0 Å². The fraction of sp³-hybridized carbons (Fsp3) is 0.667. The van der Waals surface area contributed by atoms with Crippen LogP contribution in [0.5, 0.6) is 0 Å². The van der Waals surface area contributed by atoms with Gasteiger partial charge in [0.05, 0.1) is 0 Å². The second-order valence-electron chi connectivity index (χ2n) is 6.71. The van der Waals surface area contributed by atoms with Crippen LogP contribution in [0.15, 0.2) is 24.3 Å². The first kappa shape index (κ1) is 13.9. The van der Waals surface area contributed by atoms with Gasteiger partial charge in [0.15, 0.2) is 0 Å². The van der Waals surface area contributed by atoms with E-state index in [1.165, 1.54) is 63.1 Å². The predicted molar refractivity (Wildman–Crippen MR) is 86.6 cm³/mol. The molecule has 20 heavy (non-hydrogen) atoms. The SMILES string of the molecule is CC(C)c1ccc(N2CCC(N3CCCC3)CC2)cc1. The molecule has 2 heteroatoms. The Balaban J connectivity index is 1.57. The van der Waals surface area contributed by atoms with Gasteiger partial charge >= 0.3 is 0 Å². The van der Waals surface area contributed by atoms with E-state index in [0.29, 0.717) is 5.92 Å². The second-order valence-corrected chi connectivity index (χ2v) is 6.71. The summed E-state index contributed by atoms with van der Waals surface area (Å²) >= 11 is 0. The lowest BCUT2D eigenvalue weighted by Gasteiger charge is -2.37. The molecule has 0 radical (unpaired) electrons. The fourth-order valence-electron chi connectivity index (χ4n) is 3.67. The summed E-state index contributed by atoms with van der Waals surface area (Å²) < 4.78 is 0. The van der Waals surface area contributed by atoms with E-state index in [2.05, 4.69) is 47.9 Å². The summed E-state index contributed by atoms with van der Waals surface area (Å²) in [6, 6.07) is 10.1. The Hall–Kier alpha value is -1.02. The summed E-state index contributed by atoms with van der Waals surface area (Å²) in [5.74, 6) is 0.630. The standard InChI is InChI=1S/C18H28N2/c1-15(2)16-5-7-17(8-6-16)20-13-9-18(10-14-20)19-11-3-4-12-19/h5-8,15,18H,3-4,9-14H2,1-2H3. The van der Waals surface area contributed by atoms with Crippen molar-refractivity contribution in [3.63, 3.8) is 0 Å². The molecule has 1 aromatic carbocycles. The summed E-state index contributed by atoms with van der Waals surface area (Å²) in [6.07, 6.45) is 5.51. The molecule has 2 heterocycles. The van der Waals surface area contributed by atoms with Crippen molar-refractivity contribution in [1.82, 2.24) is 4.90 Å². The average Bonchev–Trinajstić information content (AvgIpc) is 3.02. The van der Waals surface area contributed by atoms with E-state index in [4.69, 9.17) is 0 Å². The predicted octanol–water partition coefficient (Wildman–Crippen LogP) is 3.87. The monoisotopic (exact) mass is 272 g/mol. The first-order valence-electron chi connectivity index (χ1n) is 8.33. The molecule has 110 valence electrons. The Kier molecular flexibility index (Phi) is 4.30. The van der Waals surface area contributed by atoms with Gasteiger partial charge in [0.2, 0.25) is 0 Å². The lowest BCUT2D eigenvalue weighted by atomic mass is 10.0. The number of benzene rings is 1. The highest BCUT2D eigenvalue weighted by atomic mass is 15.2. The van der Waals surface area contributed by atoms with Crippen LogP contribution >= 0.6 is 0 Å². The quantitative estimate of drug-likeness (QED) is 0.824. The molecular formula is C18H28N2. The van der Waals surface area contributed by atoms with E-state index >= 15 is 0 Å². The molecule has 0 aliphatic carbocycles. The molecule has 2 saturated heterocycles. The molecule has 0 saturated carbocycles. The van der Waals surface area contributed by atoms with Crippen molar-refractivity contribution in [2.24, 2.45) is 0 Å². The van der Waals surface area contributed by atoms with Crippen LogP contribution in [0.25, 0.3) is 0 Å². The van der Waals surface area contributed by atoms with Crippen LogP contribution in [0.1, 0.15) is 51.0 Å². The zero-order valence-corrected chi connectivity index (χ0v) is 13.0. The molecular weight excluding hydrogens is 244 g/mol. The second kappa shape index (κ2) is 6.17. The summed E-state index contributed by atoms with van der Waals surface area (Å²) in [7, 11) is 0. The minimum atomic E-state index is 0.630. The number of hydrogen-bond donors (Lipinski definition) is 0. The van der Waals surface area contributed by atoms with Crippen LogP contribution in [-0.2, 0) is 0 Å². The molecule has 0 unspecified atom stereocenters. The van der Waals surface area contributed by atoms with E-state index in [0.717, 1.165) is 6.04 Å². The van der Waals surface area contributed by atoms with Gasteiger partial charge in [0.25, 0.3) is 0 Å². The molecule has 0 atom stereocenters. The van der Waals surface area contributed by atoms with Crippen molar-refractivity contribution in [2.75, 3.05) is 31.1 Å². The largest absolute Gasteiger partial charge is 0.371 e. The zero-order valence-electron chi connectivity index (χ0n) is 13.0. The van der Waals surface area contributed by atoms with E-state index in [-0.39, 0.29) is 0 Å². The van der Waals surface area contributed by atoms with Crippen LogP contribution in [0.3, 0.4) is 0 Å². The van der Waals surface area contributed by atoms with Crippen LogP contribution in [-0.4, -0.2) is 37.1 Å². The first-order chi connectivity index (χ1) is 9.74. The maximum absolute atomic E-state index is 2.72. The number of nitrogens with zero attached hydrogens (tertiary/aromatic N) is 2. The molecule has 2 nitrogen and oxygen atoms in total. The van der Waals surface area contributed by atoms with Crippen LogP contribution in [0.2, 0.25) is 0 Å². The van der Waals surface area contributed by atoms with Crippen LogP contribution < -0.4 is 4.90 Å².